The van der Waals surface area contributed by atoms with Crippen molar-refractivity contribution in [3.63, 3.8) is 0 Å². The summed E-state index contributed by atoms with van der Waals surface area (Å²) in [5, 5.41) is 0.383. The van der Waals surface area contributed by atoms with E-state index in [0.717, 1.165) is 17.0 Å². The number of methoxy groups -OCH3 is 1. The highest BCUT2D eigenvalue weighted by atomic mass is 35.5. The highest BCUT2D eigenvalue weighted by molar-refractivity contribution is 6.29. The van der Waals surface area contributed by atoms with Gasteiger partial charge in [-0.2, -0.15) is 0 Å². The summed E-state index contributed by atoms with van der Waals surface area (Å²) in [6, 6.07) is 7.51. The van der Waals surface area contributed by atoms with Crippen LogP contribution in [0.25, 0.3) is 11.3 Å². The molecule has 0 bridgehead atoms. The molecule has 2 rings (SSSR count). The topological polar surface area (TPSA) is 44.2 Å². The zero-order chi connectivity index (χ0) is 12.1. The van der Waals surface area contributed by atoms with Gasteiger partial charge in [0.25, 0.3) is 0 Å². The molecule has 1 aromatic heterocycles. The maximum Gasteiger partial charge on any atom is 0.188 e. The Morgan fingerprint density at radius 3 is 2.47 bits per heavy atom. The van der Waals surface area contributed by atoms with Gasteiger partial charge in [-0.05, 0) is 24.3 Å². The minimum Gasteiger partial charge on any atom is -0.468 e. The Morgan fingerprint density at radius 2 is 1.88 bits per heavy atom. The molecule has 0 aliphatic carbocycles. The molecular weight excluding hydrogens is 240 g/mol. The number of benzene rings is 1. The van der Waals surface area contributed by atoms with E-state index in [1.807, 2.05) is 24.3 Å². The quantitative estimate of drug-likeness (QED) is 0.783. The second kappa shape index (κ2) is 5.61. The summed E-state index contributed by atoms with van der Waals surface area (Å²) < 4.78 is 10.1. The number of rotatable bonds is 4. The summed E-state index contributed by atoms with van der Waals surface area (Å²) in [4.78, 5) is 8.16. The molecule has 0 amide bonds. The van der Waals surface area contributed by atoms with Crippen molar-refractivity contribution < 1.29 is 9.47 Å². The third-order valence-corrected chi connectivity index (χ3v) is 2.31. The van der Waals surface area contributed by atoms with Gasteiger partial charge < -0.3 is 9.47 Å². The van der Waals surface area contributed by atoms with Crippen LogP contribution in [0.2, 0.25) is 5.15 Å². The number of hydrogen-bond donors (Lipinski definition) is 0. The predicted octanol–water partition coefficient (Wildman–Crippen LogP) is 2.78. The van der Waals surface area contributed by atoms with E-state index in [2.05, 4.69) is 9.97 Å². The fourth-order valence-corrected chi connectivity index (χ4v) is 1.41. The third kappa shape index (κ3) is 3.15. The van der Waals surface area contributed by atoms with E-state index in [1.165, 1.54) is 6.20 Å². The lowest BCUT2D eigenvalue weighted by atomic mass is 10.1. The molecule has 0 saturated carbocycles. The van der Waals surface area contributed by atoms with Crippen LogP contribution in [0.5, 0.6) is 5.75 Å². The summed E-state index contributed by atoms with van der Waals surface area (Å²) in [6.45, 7) is 0.236. The Labute approximate surface area is 104 Å². The van der Waals surface area contributed by atoms with Crippen molar-refractivity contribution in [3.8, 4) is 17.0 Å². The van der Waals surface area contributed by atoms with Crippen molar-refractivity contribution in [2.24, 2.45) is 0 Å². The highest BCUT2D eigenvalue weighted by Gasteiger charge is 2.00. The van der Waals surface area contributed by atoms with Crippen LogP contribution in [0.4, 0.5) is 0 Å². The first-order valence-corrected chi connectivity index (χ1v) is 5.37. The first-order chi connectivity index (χ1) is 8.29. The van der Waals surface area contributed by atoms with Gasteiger partial charge in [0.15, 0.2) is 6.79 Å². The molecule has 17 heavy (non-hydrogen) atoms. The number of aromatic nitrogens is 2. The van der Waals surface area contributed by atoms with Crippen LogP contribution in [0.1, 0.15) is 0 Å². The maximum atomic E-state index is 5.67. The molecule has 88 valence electrons. The molecule has 5 heteroatoms. The van der Waals surface area contributed by atoms with Crippen LogP contribution < -0.4 is 4.74 Å². The summed E-state index contributed by atoms with van der Waals surface area (Å²) in [7, 11) is 1.58. The number of nitrogens with zero attached hydrogens (tertiary/aromatic N) is 2. The third-order valence-electron chi connectivity index (χ3n) is 2.11. The minimum absolute atomic E-state index is 0.236. The van der Waals surface area contributed by atoms with E-state index >= 15 is 0 Å². The second-order valence-corrected chi connectivity index (χ2v) is 3.69. The Bertz CT molecular complexity index is 471. The van der Waals surface area contributed by atoms with Crippen LogP contribution >= 0.6 is 11.6 Å². The first kappa shape index (κ1) is 11.8. The van der Waals surface area contributed by atoms with E-state index in [4.69, 9.17) is 21.1 Å². The molecule has 1 aromatic carbocycles. The minimum atomic E-state index is 0.236. The largest absolute Gasteiger partial charge is 0.468 e. The van der Waals surface area contributed by atoms with Crippen LogP contribution in [0, 0.1) is 0 Å². The molecule has 0 fully saturated rings. The molecule has 0 saturated heterocycles. The first-order valence-electron chi connectivity index (χ1n) is 4.99. The molecule has 0 aliphatic heterocycles. The zero-order valence-electron chi connectivity index (χ0n) is 9.26. The van der Waals surface area contributed by atoms with Gasteiger partial charge in [0, 0.05) is 12.7 Å². The van der Waals surface area contributed by atoms with Crippen molar-refractivity contribution in [1.82, 2.24) is 9.97 Å². The molecule has 0 radical (unpaired) electrons. The molecule has 2 aromatic rings. The fourth-order valence-electron chi connectivity index (χ4n) is 1.31. The SMILES string of the molecule is COCOc1ccc(-c2cnc(Cl)cn2)cc1. The molecule has 4 nitrogen and oxygen atoms in total. The number of ether oxygens (including phenoxy) is 2. The van der Waals surface area contributed by atoms with Gasteiger partial charge in [0.2, 0.25) is 0 Å². The lowest BCUT2D eigenvalue weighted by Crippen LogP contribution is -1.98. The van der Waals surface area contributed by atoms with Crippen molar-refractivity contribution in [1.29, 1.82) is 0 Å². The van der Waals surface area contributed by atoms with E-state index in [1.54, 1.807) is 13.3 Å². The van der Waals surface area contributed by atoms with Gasteiger partial charge in [-0.1, -0.05) is 11.6 Å². The molecule has 0 aliphatic rings. The average Bonchev–Trinajstić information content (AvgIpc) is 2.38. The number of halogens is 1. The highest BCUT2D eigenvalue weighted by Crippen LogP contribution is 2.20. The molecule has 0 spiro atoms. The Balaban J connectivity index is 2.14. The van der Waals surface area contributed by atoms with E-state index in [-0.39, 0.29) is 6.79 Å². The lowest BCUT2D eigenvalue weighted by Gasteiger charge is -2.05. The monoisotopic (exact) mass is 250 g/mol. The van der Waals surface area contributed by atoms with Crippen LogP contribution in [-0.2, 0) is 4.74 Å². The van der Waals surface area contributed by atoms with Gasteiger partial charge in [0.05, 0.1) is 18.1 Å². The van der Waals surface area contributed by atoms with Crippen molar-refractivity contribution in [2.45, 2.75) is 0 Å². The predicted molar refractivity (Wildman–Crippen MR) is 65.0 cm³/mol. The maximum absolute atomic E-state index is 5.67. The standard InChI is InChI=1S/C12H11ClN2O2/c1-16-8-17-10-4-2-9(3-5-10)11-6-15-12(13)7-14-11/h2-7H,8H2,1H3. The van der Waals surface area contributed by atoms with Gasteiger partial charge in [-0.3, -0.25) is 4.98 Å². The Kier molecular flexibility index (Phi) is 3.90. The van der Waals surface area contributed by atoms with Gasteiger partial charge in [-0.15, -0.1) is 0 Å². The Morgan fingerprint density at radius 1 is 1.12 bits per heavy atom. The zero-order valence-corrected chi connectivity index (χ0v) is 10.0. The molecule has 0 N–H and O–H groups in total. The van der Waals surface area contributed by atoms with E-state index in [0.29, 0.717) is 5.15 Å². The van der Waals surface area contributed by atoms with Crippen LogP contribution in [-0.4, -0.2) is 23.9 Å². The fraction of sp³-hybridized carbons (Fsp3) is 0.167. The summed E-state index contributed by atoms with van der Waals surface area (Å²) >= 11 is 5.67. The van der Waals surface area contributed by atoms with E-state index < -0.39 is 0 Å². The van der Waals surface area contributed by atoms with Gasteiger partial charge in [0.1, 0.15) is 10.9 Å². The van der Waals surface area contributed by atoms with Crippen molar-refractivity contribution in [2.75, 3.05) is 13.9 Å². The van der Waals surface area contributed by atoms with Gasteiger partial charge in [-0.25, -0.2) is 4.98 Å². The normalized spacial score (nSPS) is 10.2. The Hall–Kier alpha value is -1.65. The number of hydrogen-bond acceptors (Lipinski definition) is 4. The van der Waals surface area contributed by atoms with Gasteiger partial charge >= 0.3 is 0 Å². The molecular formula is C12H11ClN2O2. The van der Waals surface area contributed by atoms with Crippen LogP contribution in [0.15, 0.2) is 36.7 Å². The summed E-state index contributed by atoms with van der Waals surface area (Å²) in [6.07, 6.45) is 3.15. The van der Waals surface area contributed by atoms with Crippen molar-refractivity contribution in [3.05, 3.63) is 41.8 Å². The lowest BCUT2D eigenvalue weighted by molar-refractivity contribution is 0.0511. The average molecular weight is 251 g/mol. The van der Waals surface area contributed by atoms with E-state index in [9.17, 15) is 0 Å². The smallest absolute Gasteiger partial charge is 0.188 e. The van der Waals surface area contributed by atoms with Crippen molar-refractivity contribution >= 4 is 11.6 Å². The molecule has 0 atom stereocenters. The van der Waals surface area contributed by atoms with Crippen LogP contribution in [0.3, 0.4) is 0 Å². The second-order valence-electron chi connectivity index (χ2n) is 3.30. The summed E-state index contributed by atoms with van der Waals surface area (Å²) in [5.41, 5.74) is 1.73. The summed E-state index contributed by atoms with van der Waals surface area (Å²) in [5.74, 6) is 0.748. The molecule has 1 heterocycles. The molecule has 0 unspecified atom stereocenters.